The van der Waals surface area contributed by atoms with Crippen molar-refractivity contribution in [2.75, 3.05) is 13.1 Å². The molecule has 0 aromatic heterocycles. The summed E-state index contributed by atoms with van der Waals surface area (Å²) in [5.41, 5.74) is 6.39. The van der Waals surface area contributed by atoms with Crippen molar-refractivity contribution < 1.29 is 13.9 Å². The van der Waals surface area contributed by atoms with E-state index in [-0.39, 0.29) is 23.1 Å². The van der Waals surface area contributed by atoms with Crippen LogP contribution in [-0.2, 0) is 4.74 Å². The van der Waals surface area contributed by atoms with Gasteiger partial charge in [-0.1, -0.05) is 17.7 Å². The minimum absolute atomic E-state index is 0.0652. The fourth-order valence-corrected chi connectivity index (χ4v) is 2.59. The van der Waals surface area contributed by atoms with Gasteiger partial charge in [0.1, 0.15) is 11.4 Å². The minimum atomic E-state index is -0.543. The summed E-state index contributed by atoms with van der Waals surface area (Å²) < 4.78 is 18.6. The standard InChI is InChI=1S/C15H20ClFN2O2/c1-15(2,3)21-14(20)19-7-10(13(18)8-19)9-4-5-12(17)11(16)6-9/h4-6,10,13H,7-8,18H2,1-3H3. The summed E-state index contributed by atoms with van der Waals surface area (Å²) in [7, 11) is 0. The monoisotopic (exact) mass is 314 g/mol. The van der Waals surface area contributed by atoms with Gasteiger partial charge in [-0.3, -0.25) is 0 Å². The summed E-state index contributed by atoms with van der Waals surface area (Å²) in [5, 5.41) is 0.0652. The molecule has 6 heteroatoms. The smallest absolute Gasteiger partial charge is 0.410 e. The molecule has 116 valence electrons. The first-order valence-corrected chi connectivity index (χ1v) is 7.23. The summed E-state index contributed by atoms with van der Waals surface area (Å²) in [6, 6.07) is 4.32. The zero-order valence-corrected chi connectivity index (χ0v) is 13.2. The second-order valence-corrected chi connectivity index (χ2v) is 6.74. The maximum Gasteiger partial charge on any atom is 0.410 e. The normalized spacial score (nSPS) is 22.5. The highest BCUT2D eigenvalue weighted by Crippen LogP contribution is 2.30. The van der Waals surface area contributed by atoms with Crippen LogP contribution in [0.5, 0.6) is 0 Å². The topological polar surface area (TPSA) is 55.6 Å². The maximum absolute atomic E-state index is 13.2. The van der Waals surface area contributed by atoms with Crippen LogP contribution in [-0.4, -0.2) is 35.7 Å². The van der Waals surface area contributed by atoms with Gasteiger partial charge in [-0.2, -0.15) is 0 Å². The Morgan fingerprint density at radius 1 is 1.43 bits per heavy atom. The Morgan fingerprint density at radius 2 is 2.10 bits per heavy atom. The van der Waals surface area contributed by atoms with Crippen LogP contribution in [0.4, 0.5) is 9.18 Å². The molecule has 1 aromatic rings. The lowest BCUT2D eigenvalue weighted by atomic mass is 9.95. The Bertz CT molecular complexity index is 545. The molecule has 1 heterocycles. The first-order valence-electron chi connectivity index (χ1n) is 6.86. The number of amides is 1. The molecule has 2 atom stereocenters. The SMILES string of the molecule is CC(C)(C)OC(=O)N1CC(N)C(c2ccc(F)c(Cl)c2)C1. The van der Waals surface area contributed by atoms with Crippen LogP contribution in [0.2, 0.25) is 5.02 Å². The number of nitrogens with two attached hydrogens (primary N) is 1. The molecule has 2 unspecified atom stereocenters. The molecule has 21 heavy (non-hydrogen) atoms. The lowest BCUT2D eigenvalue weighted by Crippen LogP contribution is -2.36. The Labute approximate surface area is 129 Å². The molecule has 1 aliphatic rings. The van der Waals surface area contributed by atoms with Crippen molar-refractivity contribution in [3.05, 3.63) is 34.6 Å². The quantitative estimate of drug-likeness (QED) is 0.866. The van der Waals surface area contributed by atoms with E-state index < -0.39 is 11.4 Å². The maximum atomic E-state index is 13.2. The fourth-order valence-electron chi connectivity index (χ4n) is 2.40. The molecule has 0 radical (unpaired) electrons. The minimum Gasteiger partial charge on any atom is -0.444 e. The number of benzene rings is 1. The Morgan fingerprint density at radius 3 is 2.67 bits per heavy atom. The molecular weight excluding hydrogens is 295 g/mol. The van der Waals surface area contributed by atoms with E-state index in [2.05, 4.69) is 0 Å². The van der Waals surface area contributed by atoms with Crippen LogP contribution in [0.15, 0.2) is 18.2 Å². The van der Waals surface area contributed by atoms with Crippen LogP contribution >= 0.6 is 11.6 Å². The van der Waals surface area contributed by atoms with Gasteiger partial charge in [0.25, 0.3) is 0 Å². The predicted molar refractivity (Wildman–Crippen MR) is 79.9 cm³/mol. The van der Waals surface area contributed by atoms with Crippen LogP contribution in [0.1, 0.15) is 32.3 Å². The highest BCUT2D eigenvalue weighted by atomic mass is 35.5. The summed E-state index contributed by atoms with van der Waals surface area (Å²) in [6.07, 6.45) is -0.381. The second kappa shape index (κ2) is 5.81. The molecule has 2 N–H and O–H groups in total. The lowest BCUT2D eigenvalue weighted by Gasteiger charge is -2.24. The number of halogens is 2. The fraction of sp³-hybridized carbons (Fsp3) is 0.533. The zero-order valence-electron chi connectivity index (χ0n) is 12.4. The number of hydrogen-bond acceptors (Lipinski definition) is 3. The first kappa shape index (κ1) is 16.0. The molecule has 2 rings (SSSR count). The number of nitrogens with zero attached hydrogens (tertiary/aromatic N) is 1. The van der Waals surface area contributed by atoms with E-state index in [4.69, 9.17) is 22.1 Å². The van der Waals surface area contributed by atoms with E-state index in [9.17, 15) is 9.18 Å². The summed E-state index contributed by atoms with van der Waals surface area (Å²) >= 11 is 5.80. The van der Waals surface area contributed by atoms with Crippen LogP contribution in [0.3, 0.4) is 0 Å². The number of hydrogen-bond donors (Lipinski definition) is 1. The Hall–Kier alpha value is -1.33. The van der Waals surface area contributed by atoms with Gasteiger partial charge in [0.2, 0.25) is 0 Å². The van der Waals surface area contributed by atoms with Gasteiger partial charge in [-0.25, -0.2) is 9.18 Å². The number of rotatable bonds is 1. The third-order valence-electron chi connectivity index (χ3n) is 3.39. The molecule has 1 aliphatic heterocycles. The highest BCUT2D eigenvalue weighted by molar-refractivity contribution is 6.30. The molecule has 1 saturated heterocycles. The van der Waals surface area contributed by atoms with Crippen molar-refractivity contribution in [3.8, 4) is 0 Å². The Balaban J connectivity index is 2.10. The van der Waals surface area contributed by atoms with Crippen LogP contribution < -0.4 is 5.73 Å². The van der Waals surface area contributed by atoms with Gasteiger partial charge in [0.05, 0.1) is 5.02 Å². The first-order chi connectivity index (χ1) is 9.67. The Kier molecular flexibility index (Phi) is 4.44. The highest BCUT2D eigenvalue weighted by Gasteiger charge is 2.36. The molecule has 1 aromatic carbocycles. The second-order valence-electron chi connectivity index (χ2n) is 6.33. The average Bonchev–Trinajstić information content (AvgIpc) is 2.73. The van der Waals surface area contributed by atoms with Crippen LogP contribution in [0.25, 0.3) is 0 Å². The van der Waals surface area contributed by atoms with Gasteiger partial charge in [0, 0.05) is 25.0 Å². The van der Waals surface area contributed by atoms with Crippen molar-refractivity contribution in [2.24, 2.45) is 5.73 Å². The van der Waals surface area contributed by atoms with Crippen molar-refractivity contribution in [1.82, 2.24) is 4.90 Å². The molecule has 1 amide bonds. The van der Waals surface area contributed by atoms with Gasteiger partial charge in [0.15, 0.2) is 0 Å². The third-order valence-corrected chi connectivity index (χ3v) is 3.68. The van der Waals surface area contributed by atoms with Crippen LogP contribution in [0, 0.1) is 5.82 Å². The van der Waals surface area contributed by atoms with E-state index in [1.54, 1.807) is 17.0 Å². The zero-order chi connectivity index (χ0) is 15.8. The molecule has 0 spiro atoms. The largest absolute Gasteiger partial charge is 0.444 e. The average molecular weight is 315 g/mol. The van der Waals surface area contributed by atoms with Crippen molar-refractivity contribution >= 4 is 17.7 Å². The summed E-state index contributed by atoms with van der Waals surface area (Å²) in [5.74, 6) is -0.536. The number of likely N-dealkylation sites (tertiary alicyclic amines) is 1. The third kappa shape index (κ3) is 3.86. The van der Waals surface area contributed by atoms with Gasteiger partial charge in [-0.15, -0.1) is 0 Å². The molecule has 1 fully saturated rings. The predicted octanol–water partition coefficient (Wildman–Crippen LogP) is 3.14. The van der Waals surface area contributed by atoms with E-state index in [1.807, 2.05) is 20.8 Å². The lowest BCUT2D eigenvalue weighted by molar-refractivity contribution is 0.0290. The molecule has 4 nitrogen and oxygen atoms in total. The van der Waals surface area contributed by atoms with Crippen molar-refractivity contribution in [3.63, 3.8) is 0 Å². The summed E-state index contributed by atoms with van der Waals surface area (Å²) in [6.45, 7) is 6.31. The van der Waals surface area contributed by atoms with Gasteiger partial charge < -0.3 is 15.4 Å². The van der Waals surface area contributed by atoms with E-state index in [0.29, 0.717) is 13.1 Å². The van der Waals surface area contributed by atoms with Crippen molar-refractivity contribution in [2.45, 2.75) is 38.3 Å². The molecule has 0 saturated carbocycles. The number of carbonyl (C=O) groups is 1. The van der Waals surface area contributed by atoms with Crippen molar-refractivity contribution in [1.29, 1.82) is 0 Å². The van der Waals surface area contributed by atoms with E-state index in [1.165, 1.54) is 6.07 Å². The molecule has 0 aliphatic carbocycles. The number of carbonyl (C=O) groups excluding carboxylic acids is 1. The van der Waals surface area contributed by atoms with E-state index in [0.717, 1.165) is 5.56 Å². The van der Waals surface area contributed by atoms with Gasteiger partial charge >= 0.3 is 6.09 Å². The molecular formula is C15H20ClFN2O2. The van der Waals surface area contributed by atoms with Gasteiger partial charge in [-0.05, 0) is 38.5 Å². The molecule has 0 bridgehead atoms. The summed E-state index contributed by atoms with van der Waals surface area (Å²) in [4.78, 5) is 13.6. The number of ether oxygens (including phenoxy) is 1. The van der Waals surface area contributed by atoms with E-state index >= 15 is 0 Å².